The molecule has 0 aliphatic carbocycles. The monoisotopic (exact) mass is 520 g/mol. The van der Waals surface area contributed by atoms with Gasteiger partial charge in [0.25, 0.3) is 5.91 Å². The summed E-state index contributed by atoms with van der Waals surface area (Å²) in [6.07, 6.45) is 3.66. The van der Waals surface area contributed by atoms with Crippen LogP contribution in [0.25, 0.3) is 10.2 Å². The van der Waals surface area contributed by atoms with Gasteiger partial charge in [0.15, 0.2) is 0 Å². The molecule has 0 atom stereocenters. The van der Waals surface area contributed by atoms with Crippen LogP contribution in [0.5, 0.6) is 5.75 Å². The highest BCUT2D eigenvalue weighted by Crippen LogP contribution is 2.46. The molecule has 37 heavy (non-hydrogen) atoms. The summed E-state index contributed by atoms with van der Waals surface area (Å²) < 4.78 is 5.79. The normalized spacial score (nSPS) is 15.6. The fourth-order valence-corrected chi connectivity index (χ4v) is 5.61. The Balaban J connectivity index is 1.46. The minimum Gasteiger partial charge on any atom is -0.491 e. The lowest BCUT2D eigenvalue weighted by molar-refractivity contribution is -0.130. The van der Waals surface area contributed by atoms with Gasteiger partial charge >= 0.3 is 6.03 Å². The van der Waals surface area contributed by atoms with E-state index in [0.717, 1.165) is 17.7 Å². The molecule has 192 valence electrons. The lowest BCUT2D eigenvalue weighted by Gasteiger charge is -2.35. The van der Waals surface area contributed by atoms with Gasteiger partial charge in [0.1, 0.15) is 15.5 Å². The number of thiophene rings is 1. The zero-order chi connectivity index (χ0) is 26.3. The Morgan fingerprint density at radius 3 is 2.78 bits per heavy atom. The Bertz CT molecular complexity index is 1420. The molecule has 2 aromatic heterocycles. The van der Waals surface area contributed by atoms with Gasteiger partial charge in [0.2, 0.25) is 5.91 Å². The Morgan fingerprint density at radius 2 is 2.05 bits per heavy atom. The van der Waals surface area contributed by atoms with Crippen LogP contribution in [0.4, 0.5) is 21.9 Å². The van der Waals surface area contributed by atoms with Gasteiger partial charge < -0.3 is 15.0 Å². The Labute approximate surface area is 218 Å². The molecule has 11 heteroatoms. The maximum absolute atomic E-state index is 13.4. The van der Waals surface area contributed by atoms with Gasteiger partial charge in [-0.3, -0.25) is 19.9 Å². The molecule has 4 amide bonds. The summed E-state index contributed by atoms with van der Waals surface area (Å²) in [5, 5.41) is 5.32. The predicted molar refractivity (Wildman–Crippen MR) is 143 cm³/mol. The molecule has 0 spiro atoms. The first-order valence-corrected chi connectivity index (χ1v) is 12.9. The number of pyridine rings is 1. The summed E-state index contributed by atoms with van der Waals surface area (Å²) in [5.41, 5.74) is 5.56. The highest BCUT2D eigenvalue weighted by Gasteiger charge is 2.34. The van der Waals surface area contributed by atoms with Crippen molar-refractivity contribution in [2.75, 3.05) is 30.0 Å². The molecule has 0 unspecified atom stereocenters. The molecular weight excluding hydrogens is 492 g/mol. The largest absolute Gasteiger partial charge is 0.491 e. The number of aromatic nitrogens is 1. The molecule has 3 aromatic rings. The van der Waals surface area contributed by atoms with E-state index in [-0.39, 0.29) is 30.6 Å². The molecular formula is C26H28N6O4S. The lowest BCUT2D eigenvalue weighted by atomic mass is 10.1. The summed E-state index contributed by atoms with van der Waals surface area (Å²) in [5.74, 6) is 0.183. The van der Waals surface area contributed by atoms with Gasteiger partial charge in [0.05, 0.1) is 35.2 Å². The van der Waals surface area contributed by atoms with E-state index in [4.69, 9.17) is 4.74 Å². The second-order valence-corrected chi connectivity index (χ2v) is 10.2. The van der Waals surface area contributed by atoms with E-state index in [1.165, 1.54) is 17.4 Å². The zero-order valence-electron chi connectivity index (χ0n) is 20.9. The number of amides is 4. The number of carbonyl (C=O) groups excluding carboxylic acids is 3. The molecule has 0 bridgehead atoms. The number of urea groups is 1. The first-order valence-electron chi connectivity index (χ1n) is 12.0. The van der Waals surface area contributed by atoms with Crippen LogP contribution in [0.3, 0.4) is 0 Å². The van der Waals surface area contributed by atoms with Gasteiger partial charge in [-0.1, -0.05) is 6.58 Å². The van der Waals surface area contributed by atoms with Gasteiger partial charge in [0, 0.05) is 19.3 Å². The van der Waals surface area contributed by atoms with E-state index in [0.29, 0.717) is 45.2 Å². The van der Waals surface area contributed by atoms with Crippen molar-refractivity contribution in [3.05, 3.63) is 53.6 Å². The molecule has 2 aliphatic rings. The summed E-state index contributed by atoms with van der Waals surface area (Å²) in [6, 6.07) is 7.02. The van der Waals surface area contributed by atoms with E-state index in [9.17, 15) is 14.4 Å². The van der Waals surface area contributed by atoms with Crippen LogP contribution in [0, 0.1) is 6.92 Å². The standard InChI is InChI=1S/C26H28N6O4S/c1-5-20(33)30-11-6-12-31(14-30)29-24(34)23-22-21-19(9-10-27-25(21)37-23)32(26(35)28-22)18-8-7-17(13-16(18)4)36-15(2)3/h5,7-10,13,15H,1,6,11-12,14H2,2-4H3,(H,28,35)(H,29,34). The van der Waals surface area contributed by atoms with Gasteiger partial charge in [-0.25, -0.2) is 14.8 Å². The lowest BCUT2D eigenvalue weighted by Crippen LogP contribution is -2.54. The van der Waals surface area contributed by atoms with E-state index in [1.54, 1.807) is 27.1 Å². The quantitative estimate of drug-likeness (QED) is 0.467. The molecule has 1 fully saturated rings. The molecule has 10 nitrogen and oxygen atoms in total. The molecule has 2 aliphatic heterocycles. The number of hydrogen-bond donors (Lipinski definition) is 2. The zero-order valence-corrected chi connectivity index (χ0v) is 21.7. The van der Waals surface area contributed by atoms with E-state index in [2.05, 4.69) is 22.3 Å². The molecule has 1 saturated heterocycles. The van der Waals surface area contributed by atoms with Gasteiger partial charge in [-0.05, 0) is 63.1 Å². The highest BCUT2D eigenvalue weighted by molar-refractivity contribution is 7.21. The van der Waals surface area contributed by atoms with Crippen molar-refractivity contribution < 1.29 is 19.1 Å². The van der Waals surface area contributed by atoms with Crippen molar-refractivity contribution in [2.24, 2.45) is 0 Å². The topological polar surface area (TPSA) is 107 Å². The van der Waals surface area contributed by atoms with Crippen LogP contribution in [0.15, 0.2) is 43.1 Å². The van der Waals surface area contributed by atoms with Crippen LogP contribution in [-0.2, 0) is 4.79 Å². The number of hydrazine groups is 1. The van der Waals surface area contributed by atoms with Gasteiger partial charge in [-0.15, -0.1) is 11.3 Å². The number of ether oxygens (including phenoxy) is 1. The third-order valence-corrected chi connectivity index (χ3v) is 7.27. The van der Waals surface area contributed by atoms with Gasteiger partial charge in [-0.2, -0.15) is 0 Å². The van der Waals surface area contributed by atoms with Crippen molar-refractivity contribution in [3.63, 3.8) is 0 Å². The average Bonchev–Trinajstić information content (AvgIpc) is 3.24. The molecule has 4 heterocycles. The SMILES string of the molecule is C=CC(=O)N1CCCN(NC(=O)c2sc3nccc4c3c2NC(=O)N4c2ccc(OC(C)C)cc2C)C1. The minimum absolute atomic E-state index is 0.0387. The predicted octanol–water partition coefficient (Wildman–Crippen LogP) is 4.40. The van der Waals surface area contributed by atoms with E-state index in [1.807, 2.05) is 39.0 Å². The molecule has 5 rings (SSSR count). The molecule has 0 saturated carbocycles. The summed E-state index contributed by atoms with van der Waals surface area (Å²) in [6.45, 7) is 10.9. The number of rotatable bonds is 6. The Hall–Kier alpha value is -3.96. The third-order valence-electron chi connectivity index (χ3n) is 6.18. The number of hydrogen-bond acceptors (Lipinski definition) is 7. The molecule has 1 aromatic carbocycles. The van der Waals surface area contributed by atoms with Crippen molar-refractivity contribution in [1.29, 1.82) is 0 Å². The van der Waals surface area contributed by atoms with E-state index < -0.39 is 0 Å². The van der Waals surface area contributed by atoms with Crippen LogP contribution >= 0.6 is 11.3 Å². The van der Waals surface area contributed by atoms with Crippen molar-refractivity contribution >= 4 is 56.5 Å². The number of nitrogens with zero attached hydrogens (tertiary/aromatic N) is 4. The van der Waals surface area contributed by atoms with Crippen LogP contribution < -0.4 is 20.4 Å². The van der Waals surface area contributed by atoms with Crippen LogP contribution in [0.2, 0.25) is 0 Å². The first-order chi connectivity index (χ1) is 17.8. The highest BCUT2D eigenvalue weighted by atomic mass is 32.1. The Kier molecular flexibility index (Phi) is 6.57. The second-order valence-electron chi connectivity index (χ2n) is 9.20. The number of nitrogens with one attached hydrogen (secondary N) is 2. The minimum atomic E-state index is -0.367. The fourth-order valence-electron chi connectivity index (χ4n) is 4.60. The smallest absolute Gasteiger partial charge is 0.331 e. The number of benzene rings is 1. The number of carbonyl (C=O) groups is 3. The van der Waals surface area contributed by atoms with Crippen LogP contribution in [-0.4, -0.2) is 58.6 Å². The summed E-state index contributed by atoms with van der Waals surface area (Å²) >= 11 is 1.22. The average molecular weight is 521 g/mol. The van der Waals surface area contributed by atoms with Crippen molar-refractivity contribution in [2.45, 2.75) is 33.3 Å². The first kappa shape index (κ1) is 24.7. The number of aryl methyl sites for hydroxylation is 1. The van der Waals surface area contributed by atoms with Crippen molar-refractivity contribution in [1.82, 2.24) is 20.3 Å². The van der Waals surface area contributed by atoms with Crippen LogP contribution in [0.1, 0.15) is 35.5 Å². The van der Waals surface area contributed by atoms with E-state index >= 15 is 0 Å². The maximum Gasteiger partial charge on any atom is 0.331 e. The molecule has 0 radical (unpaired) electrons. The molecule has 2 N–H and O–H groups in total. The summed E-state index contributed by atoms with van der Waals surface area (Å²) in [4.78, 5) is 47.4. The summed E-state index contributed by atoms with van der Waals surface area (Å²) in [7, 11) is 0. The third kappa shape index (κ3) is 4.63. The Morgan fingerprint density at radius 1 is 1.24 bits per heavy atom. The van der Waals surface area contributed by atoms with Crippen molar-refractivity contribution in [3.8, 4) is 5.75 Å². The fraction of sp³-hybridized carbons (Fsp3) is 0.308. The maximum atomic E-state index is 13.4. The second kappa shape index (κ2) is 9.83. The number of anilines is 3.